The van der Waals surface area contributed by atoms with Gasteiger partial charge in [0.25, 0.3) is 0 Å². The lowest BCUT2D eigenvalue weighted by Gasteiger charge is -2.32. The van der Waals surface area contributed by atoms with E-state index in [1.165, 1.54) is 82.8 Å². The van der Waals surface area contributed by atoms with Crippen molar-refractivity contribution in [3.63, 3.8) is 0 Å². The molecule has 0 nitrogen and oxygen atoms in total. The van der Waals surface area contributed by atoms with Crippen LogP contribution in [0.3, 0.4) is 0 Å². The fourth-order valence-corrected chi connectivity index (χ4v) is 5.41. The molecule has 1 aliphatic carbocycles. The van der Waals surface area contributed by atoms with Gasteiger partial charge in [-0.1, -0.05) is 90.2 Å². The molecule has 2 unspecified atom stereocenters. The first-order valence-corrected chi connectivity index (χ1v) is 11.5. The molecule has 0 saturated heterocycles. The highest BCUT2D eigenvalue weighted by atomic mass is 32.2. The highest BCUT2D eigenvalue weighted by Crippen LogP contribution is 2.36. The van der Waals surface area contributed by atoms with Gasteiger partial charge in [-0.2, -0.15) is 11.8 Å². The van der Waals surface area contributed by atoms with E-state index >= 15 is 0 Å². The van der Waals surface area contributed by atoms with Crippen molar-refractivity contribution in [1.82, 2.24) is 0 Å². The topological polar surface area (TPSA) is 0 Å². The number of rotatable bonds is 13. The molecule has 0 aliphatic heterocycles. The fraction of sp³-hybridized carbons (Fsp3) is 0.909. The van der Waals surface area contributed by atoms with Gasteiger partial charge in [0.05, 0.1) is 0 Å². The lowest BCUT2D eigenvalue weighted by Crippen LogP contribution is -2.24. The predicted octanol–water partition coefficient (Wildman–Crippen LogP) is 8.02. The first-order valence-electron chi connectivity index (χ1n) is 10.4. The van der Waals surface area contributed by atoms with E-state index in [1.54, 1.807) is 5.57 Å². The van der Waals surface area contributed by atoms with Crippen LogP contribution in [0.15, 0.2) is 11.6 Å². The van der Waals surface area contributed by atoms with Gasteiger partial charge in [-0.3, -0.25) is 0 Å². The van der Waals surface area contributed by atoms with Crippen LogP contribution in [-0.2, 0) is 0 Å². The number of hydrogen-bond acceptors (Lipinski definition) is 1. The maximum Gasteiger partial charge on any atom is 0.0260 e. The summed E-state index contributed by atoms with van der Waals surface area (Å²) in [5.41, 5.74) is 1.63. The molecule has 0 amide bonds. The van der Waals surface area contributed by atoms with Crippen LogP contribution in [0.2, 0.25) is 0 Å². The second kappa shape index (κ2) is 13.4. The number of thioether (sulfide) groups is 1. The van der Waals surface area contributed by atoms with Crippen molar-refractivity contribution >= 4 is 11.8 Å². The van der Waals surface area contributed by atoms with Crippen LogP contribution < -0.4 is 0 Å². The zero-order valence-corrected chi connectivity index (χ0v) is 17.2. The molecule has 0 bridgehead atoms. The van der Waals surface area contributed by atoms with Gasteiger partial charge in [0, 0.05) is 5.25 Å². The van der Waals surface area contributed by atoms with E-state index in [0.29, 0.717) is 0 Å². The van der Waals surface area contributed by atoms with Crippen LogP contribution >= 0.6 is 11.8 Å². The van der Waals surface area contributed by atoms with E-state index in [9.17, 15) is 0 Å². The van der Waals surface area contributed by atoms with Crippen LogP contribution in [-0.4, -0.2) is 11.0 Å². The Morgan fingerprint density at radius 1 is 0.957 bits per heavy atom. The predicted molar refractivity (Wildman–Crippen MR) is 109 cm³/mol. The Labute approximate surface area is 151 Å². The van der Waals surface area contributed by atoms with E-state index in [4.69, 9.17) is 0 Å². The van der Waals surface area contributed by atoms with E-state index in [-0.39, 0.29) is 0 Å². The van der Waals surface area contributed by atoms with Gasteiger partial charge in [0.2, 0.25) is 0 Å². The molecule has 0 radical (unpaired) electrons. The SMILES string of the molecule is CCCCCCCCCCCCSC1C=C(C)CCC1C(C)C. The Kier molecular flexibility index (Phi) is 12.3. The molecule has 1 rings (SSSR count). The second-order valence-electron chi connectivity index (χ2n) is 7.98. The summed E-state index contributed by atoms with van der Waals surface area (Å²) in [5, 5.41) is 0.794. The lowest BCUT2D eigenvalue weighted by molar-refractivity contribution is 0.358. The average molecular weight is 339 g/mol. The van der Waals surface area contributed by atoms with Gasteiger partial charge in [0.15, 0.2) is 0 Å². The van der Waals surface area contributed by atoms with Crippen LogP contribution in [0.4, 0.5) is 0 Å². The molecule has 136 valence electrons. The normalized spacial score (nSPS) is 21.7. The molecular formula is C22H42S. The Hall–Kier alpha value is 0.0900. The van der Waals surface area contributed by atoms with Gasteiger partial charge < -0.3 is 0 Å². The number of hydrogen-bond donors (Lipinski definition) is 0. The minimum atomic E-state index is 0.794. The molecule has 0 aromatic heterocycles. The fourth-order valence-electron chi connectivity index (χ4n) is 3.74. The molecule has 0 aromatic rings. The first-order chi connectivity index (χ1) is 11.1. The van der Waals surface area contributed by atoms with E-state index in [0.717, 1.165) is 17.1 Å². The molecule has 0 heterocycles. The molecule has 0 N–H and O–H groups in total. The van der Waals surface area contributed by atoms with E-state index < -0.39 is 0 Å². The van der Waals surface area contributed by atoms with Gasteiger partial charge in [-0.25, -0.2) is 0 Å². The molecule has 23 heavy (non-hydrogen) atoms. The molecule has 0 aromatic carbocycles. The lowest BCUT2D eigenvalue weighted by atomic mass is 9.82. The summed E-state index contributed by atoms with van der Waals surface area (Å²) in [5.74, 6) is 3.12. The molecule has 1 aliphatic rings. The van der Waals surface area contributed by atoms with Crippen LogP contribution in [0.25, 0.3) is 0 Å². The van der Waals surface area contributed by atoms with Gasteiger partial charge in [-0.15, -0.1) is 0 Å². The van der Waals surface area contributed by atoms with E-state index in [1.807, 2.05) is 0 Å². The van der Waals surface area contributed by atoms with Crippen molar-refractivity contribution < 1.29 is 0 Å². The molecular weight excluding hydrogens is 296 g/mol. The summed E-state index contributed by atoms with van der Waals surface area (Å²) in [6.07, 6.45) is 19.8. The zero-order valence-electron chi connectivity index (χ0n) is 16.4. The smallest absolute Gasteiger partial charge is 0.0260 e. The maximum absolute atomic E-state index is 2.58. The van der Waals surface area contributed by atoms with Crippen molar-refractivity contribution in [2.75, 3.05) is 5.75 Å². The number of allylic oxidation sites excluding steroid dienone is 1. The van der Waals surface area contributed by atoms with Crippen molar-refractivity contribution in [3.05, 3.63) is 11.6 Å². The standard InChI is InChI=1S/C22H42S/c1-5-6-7-8-9-10-11-12-13-14-17-23-22-18-20(4)15-16-21(22)19(2)3/h18-19,21-22H,5-17H2,1-4H3. The summed E-state index contributed by atoms with van der Waals surface area (Å²) >= 11 is 2.24. The molecule has 2 atom stereocenters. The zero-order chi connectivity index (χ0) is 16.9. The molecule has 0 fully saturated rings. The minimum Gasteiger partial charge on any atom is -0.154 e. The van der Waals surface area contributed by atoms with Crippen molar-refractivity contribution in [2.45, 2.75) is 110 Å². The second-order valence-corrected chi connectivity index (χ2v) is 9.26. The third-order valence-corrected chi connectivity index (χ3v) is 6.80. The Morgan fingerprint density at radius 3 is 2.09 bits per heavy atom. The largest absolute Gasteiger partial charge is 0.154 e. The Balaban J connectivity index is 2.00. The third-order valence-electron chi connectivity index (χ3n) is 5.41. The Bertz CT molecular complexity index is 305. The van der Waals surface area contributed by atoms with Crippen molar-refractivity contribution in [2.24, 2.45) is 11.8 Å². The average Bonchev–Trinajstić information content (AvgIpc) is 2.52. The van der Waals surface area contributed by atoms with Gasteiger partial charge in [-0.05, 0) is 43.8 Å². The van der Waals surface area contributed by atoms with Crippen LogP contribution in [0.1, 0.15) is 105 Å². The van der Waals surface area contributed by atoms with E-state index in [2.05, 4.69) is 45.5 Å². The third kappa shape index (κ3) is 9.85. The first kappa shape index (κ1) is 21.1. The van der Waals surface area contributed by atoms with Gasteiger partial charge >= 0.3 is 0 Å². The summed E-state index contributed by atoms with van der Waals surface area (Å²) in [6.45, 7) is 9.44. The summed E-state index contributed by atoms with van der Waals surface area (Å²) < 4.78 is 0. The summed E-state index contributed by atoms with van der Waals surface area (Å²) in [7, 11) is 0. The highest BCUT2D eigenvalue weighted by Gasteiger charge is 2.26. The highest BCUT2D eigenvalue weighted by molar-refractivity contribution is 8.00. The molecule has 1 heteroatoms. The Morgan fingerprint density at radius 2 is 1.52 bits per heavy atom. The summed E-state index contributed by atoms with van der Waals surface area (Å²) in [6, 6.07) is 0. The van der Waals surface area contributed by atoms with Crippen LogP contribution in [0.5, 0.6) is 0 Å². The molecule has 0 spiro atoms. The quantitative estimate of drug-likeness (QED) is 0.242. The van der Waals surface area contributed by atoms with Gasteiger partial charge in [0.1, 0.15) is 0 Å². The number of unbranched alkanes of at least 4 members (excludes halogenated alkanes) is 9. The monoisotopic (exact) mass is 338 g/mol. The van der Waals surface area contributed by atoms with Crippen LogP contribution in [0, 0.1) is 11.8 Å². The van der Waals surface area contributed by atoms with Crippen molar-refractivity contribution in [1.29, 1.82) is 0 Å². The van der Waals surface area contributed by atoms with Crippen molar-refractivity contribution in [3.8, 4) is 0 Å². The molecule has 0 saturated carbocycles. The minimum absolute atomic E-state index is 0.794. The summed E-state index contributed by atoms with van der Waals surface area (Å²) in [4.78, 5) is 0. The maximum atomic E-state index is 2.58.